The maximum atomic E-state index is 11.5. The Labute approximate surface area is 129 Å². The standard InChI is InChI=1S/C15H19ClN4O/c1-4-18-10(2)11-5-6-14(12(16)9-11)20-8-7-13(19-20)15(21)17-3/h5-10,18H,4H2,1-3H3,(H,17,21). The second-order valence-electron chi connectivity index (χ2n) is 4.71. The first-order chi connectivity index (χ1) is 10.1. The Balaban J connectivity index is 2.28. The summed E-state index contributed by atoms with van der Waals surface area (Å²) >= 11 is 6.34. The fourth-order valence-electron chi connectivity index (χ4n) is 2.11. The minimum atomic E-state index is -0.220. The minimum absolute atomic E-state index is 0.220. The summed E-state index contributed by atoms with van der Waals surface area (Å²) in [5.41, 5.74) is 2.22. The molecule has 0 fully saturated rings. The van der Waals surface area contributed by atoms with Crippen molar-refractivity contribution >= 4 is 17.5 Å². The van der Waals surface area contributed by atoms with Crippen LogP contribution in [0.5, 0.6) is 0 Å². The molecule has 1 aromatic carbocycles. The van der Waals surface area contributed by atoms with Crippen molar-refractivity contribution in [3.8, 4) is 5.69 Å². The molecule has 1 amide bonds. The summed E-state index contributed by atoms with van der Waals surface area (Å²) in [6.07, 6.45) is 1.72. The number of halogens is 1. The predicted molar refractivity (Wildman–Crippen MR) is 84.1 cm³/mol. The van der Waals surface area contributed by atoms with E-state index in [-0.39, 0.29) is 11.9 Å². The monoisotopic (exact) mass is 306 g/mol. The molecule has 0 spiro atoms. The van der Waals surface area contributed by atoms with Gasteiger partial charge in [0.15, 0.2) is 5.69 Å². The van der Waals surface area contributed by atoms with E-state index in [9.17, 15) is 4.79 Å². The molecule has 1 aromatic heterocycles. The average Bonchev–Trinajstić information content (AvgIpc) is 2.96. The van der Waals surface area contributed by atoms with Crippen LogP contribution in [0.4, 0.5) is 0 Å². The highest BCUT2D eigenvalue weighted by Crippen LogP contribution is 2.24. The molecule has 6 heteroatoms. The summed E-state index contributed by atoms with van der Waals surface area (Å²) in [7, 11) is 1.57. The average molecular weight is 307 g/mol. The van der Waals surface area contributed by atoms with Crippen LogP contribution in [-0.2, 0) is 0 Å². The van der Waals surface area contributed by atoms with Crippen molar-refractivity contribution < 1.29 is 4.79 Å². The van der Waals surface area contributed by atoms with Gasteiger partial charge in [0.2, 0.25) is 0 Å². The summed E-state index contributed by atoms with van der Waals surface area (Å²) < 4.78 is 1.61. The number of amides is 1. The van der Waals surface area contributed by atoms with Gasteiger partial charge in [-0.1, -0.05) is 24.6 Å². The van der Waals surface area contributed by atoms with Crippen LogP contribution >= 0.6 is 11.6 Å². The zero-order chi connectivity index (χ0) is 15.4. The molecule has 21 heavy (non-hydrogen) atoms. The van der Waals surface area contributed by atoms with Gasteiger partial charge < -0.3 is 10.6 Å². The molecule has 1 heterocycles. The summed E-state index contributed by atoms with van der Waals surface area (Å²) in [4.78, 5) is 11.5. The molecule has 5 nitrogen and oxygen atoms in total. The van der Waals surface area contributed by atoms with E-state index in [1.165, 1.54) is 0 Å². The van der Waals surface area contributed by atoms with Crippen LogP contribution in [0.15, 0.2) is 30.5 Å². The van der Waals surface area contributed by atoms with Gasteiger partial charge in [-0.05, 0) is 37.2 Å². The highest BCUT2D eigenvalue weighted by Gasteiger charge is 2.12. The zero-order valence-corrected chi connectivity index (χ0v) is 13.1. The third kappa shape index (κ3) is 3.43. The number of hydrogen-bond acceptors (Lipinski definition) is 3. The van der Waals surface area contributed by atoms with Crippen LogP contribution in [0, 0.1) is 0 Å². The second-order valence-corrected chi connectivity index (χ2v) is 5.12. The number of benzene rings is 1. The number of carbonyl (C=O) groups excluding carboxylic acids is 1. The maximum absolute atomic E-state index is 11.5. The SMILES string of the molecule is CCNC(C)c1ccc(-n2ccc(C(=O)NC)n2)c(Cl)c1. The summed E-state index contributed by atoms with van der Waals surface area (Å²) in [6.45, 7) is 5.05. The molecule has 2 N–H and O–H groups in total. The molecule has 2 aromatic rings. The van der Waals surface area contributed by atoms with Crippen molar-refractivity contribution in [1.82, 2.24) is 20.4 Å². The Kier molecular flexibility index (Phi) is 4.98. The highest BCUT2D eigenvalue weighted by atomic mass is 35.5. The number of rotatable bonds is 5. The molecule has 0 aliphatic rings. The molecule has 0 aliphatic carbocycles. The smallest absolute Gasteiger partial charge is 0.271 e. The Morgan fingerprint density at radius 2 is 2.19 bits per heavy atom. The van der Waals surface area contributed by atoms with Crippen molar-refractivity contribution in [1.29, 1.82) is 0 Å². The minimum Gasteiger partial charge on any atom is -0.354 e. The first kappa shape index (κ1) is 15.5. The van der Waals surface area contributed by atoms with Gasteiger partial charge in [0, 0.05) is 19.3 Å². The number of hydrogen-bond donors (Lipinski definition) is 2. The molecule has 0 aliphatic heterocycles. The van der Waals surface area contributed by atoms with E-state index in [1.54, 1.807) is 24.0 Å². The lowest BCUT2D eigenvalue weighted by atomic mass is 10.1. The molecule has 1 unspecified atom stereocenters. The van der Waals surface area contributed by atoms with E-state index in [4.69, 9.17) is 11.6 Å². The van der Waals surface area contributed by atoms with Crippen molar-refractivity contribution in [3.05, 3.63) is 46.7 Å². The lowest BCUT2D eigenvalue weighted by molar-refractivity contribution is 0.0957. The molecule has 0 radical (unpaired) electrons. The third-order valence-corrected chi connectivity index (χ3v) is 3.58. The van der Waals surface area contributed by atoms with Crippen molar-refractivity contribution in [2.75, 3.05) is 13.6 Å². The fourth-order valence-corrected chi connectivity index (χ4v) is 2.39. The number of carbonyl (C=O) groups is 1. The van der Waals surface area contributed by atoms with E-state index in [0.29, 0.717) is 10.7 Å². The number of aromatic nitrogens is 2. The summed E-state index contributed by atoms with van der Waals surface area (Å²) in [5, 5.41) is 10.7. The Hall–Kier alpha value is -1.85. The lowest BCUT2D eigenvalue weighted by Crippen LogP contribution is -2.18. The first-order valence-corrected chi connectivity index (χ1v) is 7.25. The Morgan fingerprint density at radius 3 is 2.81 bits per heavy atom. The molecular formula is C15H19ClN4O. The van der Waals surface area contributed by atoms with E-state index in [0.717, 1.165) is 17.8 Å². The first-order valence-electron chi connectivity index (χ1n) is 6.87. The largest absolute Gasteiger partial charge is 0.354 e. The van der Waals surface area contributed by atoms with Gasteiger partial charge in [0.25, 0.3) is 5.91 Å². The van der Waals surface area contributed by atoms with E-state index < -0.39 is 0 Å². The van der Waals surface area contributed by atoms with Crippen LogP contribution in [0.2, 0.25) is 5.02 Å². The van der Waals surface area contributed by atoms with Gasteiger partial charge in [0.1, 0.15) is 0 Å². The summed E-state index contributed by atoms with van der Waals surface area (Å²) in [6, 6.07) is 7.73. The number of nitrogens with one attached hydrogen (secondary N) is 2. The van der Waals surface area contributed by atoms with Crippen molar-refractivity contribution in [3.63, 3.8) is 0 Å². The van der Waals surface area contributed by atoms with E-state index in [2.05, 4.69) is 29.6 Å². The van der Waals surface area contributed by atoms with Gasteiger partial charge in [-0.2, -0.15) is 5.10 Å². The Bertz CT molecular complexity index is 638. The normalized spacial score (nSPS) is 12.2. The molecule has 1 atom stereocenters. The number of nitrogens with zero attached hydrogens (tertiary/aromatic N) is 2. The van der Waals surface area contributed by atoms with E-state index >= 15 is 0 Å². The molecule has 2 rings (SSSR count). The van der Waals surface area contributed by atoms with Crippen LogP contribution in [0.3, 0.4) is 0 Å². The van der Waals surface area contributed by atoms with Gasteiger partial charge >= 0.3 is 0 Å². The topological polar surface area (TPSA) is 59.0 Å². The predicted octanol–water partition coefficient (Wildman–Crippen LogP) is 2.56. The Morgan fingerprint density at radius 1 is 1.43 bits per heavy atom. The zero-order valence-electron chi connectivity index (χ0n) is 12.4. The van der Waals surface area contributed by atoms with Crippen LogP contribution in [0.25, 0.3) is 5.69 Å². The van der Waals surface area contributed by atoms with Crippen LogP contribution < -0.4 is 10.6 Å². The van der Waals surface area contributed by atoms with Gasteiger partial charge in [-0.25, -0.2) is 4.68 Å². The second kappa shape index (κ2) is 6.74. The van der Waals surface area contributed by atoms with E-state index in [1.807, 2.05) is 18.2 Å². The molecule has 112 valence electrons. The van der Waals surface area contributed by atoms with Gasteiger partial charge in [0.05, 0.1) is 10.7 Å². The van der Waals surface area contributed by atoms with Crippen LogP contribution in [0.1, 0.15) is 35.9 Å². The van der Waals surface area contributed by atoms with Crippen molar-refractivity contribution in [2.45, 2.75) is 19.9 Å². The van der Waals surface area contributed by atoms with Gasteiger partial charge in [-0.3, -0.25) is 4.79 Å². The van der Waals surface area contributed by atoms with Crippen LogP contribution in [-0.4, -0.2) is 29.3 Å². The quantitative estimate of drug-likeness (QED) is 0.892. The third-order valence-electron chi connectivity index (χ3n) is 3.28. The summed E-state index contributed by atoms with van der Waals surface area (Å²) in [5.74, 6) is -0.220. The molecule has 0 bridgehead atoms. The molecule has 0 saturated carbocycles. The molecule has 0 saturated heterocycles. The highest BCUT2D eigenvalue weighted by molar-refractivity contribution is 6.32. The molecular weight excluding hydrogens is 288 g/mol. The fraction of sp³-hybridized carbons (Fsp3) is 0.333. The van der Waals surface area contributed by atoms with Crippen molar-refractivity contribution in [2.24, 2.45) is 0 Å². The lowest BCUT2D eigenvalue weighted by Gasteiger charge is -2.14. The maximum Gasteiger partial charge on any atom is 0.271 e. The van der Waals surface area contributed by atoms with Gasteiger partial charge in [-0.15, -0.1) is 0 Å².